The predicted octanol–water partition coefficient (Wildman–Crippen LogP) is 6.52. The van der Waals surface area contributed by atoms with Gasteiger partial charge in [-0.15, -0.1) is 0 Å². The van der Waals surface area contributed by atoms with Crippen LogP contribution in [-0.2, 0) is 12.8 Å². The zero-order valence-electron chi connectivity index (χ0n) is 19.3. The van der Waals surface area contributed by atoms with Crippen LogP contribution in [0.5, 0.6) is 0 Å². The molecule has 1 fully saturated rings. The molecule has 158 valence electrons. The maximum atomic E-state index is 5.18. The van der Waals surface area contributed by atoms with Gasteiger partial charge in [0.1, 0.15) is 5.65 Å². The van der Waals surface area contributed by atoms with Crippen molar-refractivity contribution in [3.05, 3.63) is 51.8 Å². The molecule has 5 rings (SSSR count). The minimum Gasteiger partial charge on any atom is -0.368 e. The van der Waals surface area contributed by atoms with Crippen LogP contribution in [0.3, 0.4) is 0 Å². The Labute approximate surface area is 181 Å². The Hall–Kier alpha value is -2.29. The van der Waals surface area contributed by atoms with Crippen molar-refractivity contribution in [1.82, 2.24) is 9.55 Å². The molecule has 30 heavy (non-hydrogen) atoms. The van der Waals surface area contributed by atoms with Crippen LogP contribution in [0.15, 0.2) is 18.2 Å². The van der Waals surface area contributed by atoms with Crippen LogP contribution in [0.25, 0.3) is 16.7 Å². The van der Waals surface area contributed by atoms with Crippen LogP contribution < -0.4 is 4.90 Å². The quantitative estimate of drug-likeness (QED) is 0.485. The molecule has 3 heteroatoms. The van der Waals surface area contributed by atoms with Crippen LogP contribution in [-0.4, -0.2) is 22.1 Å². The van der Waals surface area contributed by atoms with Crippen LogP contribution >= 0.6 is 0 Å². The Bertz CT molecular complexity index is 1090. The monoisotopic (exact) mass is 401 g/mol. The average molecular weight is 402 g/mol. The van der Waals surface area contributed by atoms with Crippen molar-refractivity contribution in [1.29, 1.82) is 0 Å². The Morgan fingerprint density at radius 3 is 2.37 bits per heavy atom. The fourth-order valence-corrected chi connectivity index (χ4v) is 5.74. The van der Waals surface area contributed by atoms with Crippen LogP contribution in [0.1, 0.15) is 72.7 Å². The zero-order valence-corrected chi connectivity index (χ0v) is 19.3. The van der Waals surface area contributed by atoms with Gasteiger partial charge in [-0.3, -0.25) is 4.57 Å². The Kier molecular flexibility index (Phi) is 4.88. The summed E-state index contributed by atoms with van der Waals surface area (Å²) in [6, 6.07) is 7.74. The van der Waals surface area contributed by atoms with Gasteiger partial charge in [-0.05, 0) is 95.4 Å². The highest BCUT2D eigenvalue weighted by atomic mass is 15.2. The molecule has 2 aromatic heterocycles. The van der Waals surface area contributed by atoms with Gasteiger partial charge in [0.2, 0.25) is 0 Å². The smallest absolute Gasteiger partial charge is 0.147 e. The van der Waals surface area contributed by atoms with Gasteiger partial charge < -0.3 is 4.90 Å². The number of rotatable bonds is 5. The highest BCUT2D eigenvalue weighted by molar-refractivity contribution is 5.97. The molecule has 0 saturated heterocycles. The zero-order chi connectivity index (χ0) is 21.0. The lowest BCUT2D eigenvalue weighted by Gasteiger charge is -2.26. The van der Waals surface area contributed by atoms with Gasteiger partial charge in [-0.2, -0.15) is 0 Å². The van der Waals surface area contributed by atoms with E-state index in [1.54, 1.807) is 5.56 Å². The summed E-state index contributed by atoms with van der Waals surface area (Å²) >= 11 is 0. The van der Waals surface area contributed by atoms with Crippen LogP contribution in [0, 0.1) is 27.7 Å². The molecule has 0 unspecified atom stereocenters. The van der Waals surface area contributed by atoms with Gasteiger partial charge in [-0.25, -0.2) is 4.98 Å². The van der Waals surface area contributed by atoms with Crippen molar-refractivity contribution in [2.24, 2.45) is 0 Å². The molecule has 3 aromatic rings. The maximum Gasteiger partial charge on any atom is 0.147 e. The highest BCUT2D eigenvalue weighted by Gasteiger charge is 2.33. The summed E-state index contributed by atoms with van der Waals surface area (Å²) in [5, 5.41) is 1.44. The summed E-state index contributed by atoms with van der Waals surface area (Å²) < 4.78 is 2.54. The molecular formula is C27H35N3. The van der Waals surface area contributed by atoms with Crippen molar-refractivity contribution in [3.63, 3.8) is 0 Å². The first-order valence-electron chi connectivity index (χ1n) is 11.9. The molecule has 0 amide bonds. The van der Waals surface area contributed by atoms with Gasteiger partial charge in [0.15, 0.2) is 0 Å². The molecule has 0 atom stereocenters. The normalized spacial score (nSPS) is 16.2. The van der Waals surface area contributed by atoms with Crippen molar-refractivity contribution < 1.29 is 0 Å². The first kappa shape index (κ1) is 19.7. The van der Waals surface area contributed by atoms with E-state index in [0.29, 0.717) is 0 Å². The second-order valence-corrected chi connectivity index (χ2v) is 9.62. The maximum absolute atomic E-state index is 5.18. The lowest BCUT2D eigenvalue weighted by Crippen LogP contribution is -2.27. The van der Waals surface area contributed by atoms with Crippen molar-refractivity contribution >= 4 is 16.7 Å². The van der Waals surface area contributed by atoms with Crippen molar-refractivity contribution in [3.8, 4) is 5.69 Å². The van der Waals surface area contributed by atoms with E-state index in [1.807, 2.05) is 0 Å². The van der Waals surface area contributed by atoms with E-state index in [4.69, 9.17) is 4.98 Å². The SMILES string of the molecule is CCCN(c1cc(C)nc2c1c1c(n2-c2c(C)cc(C)cc2C)CCCC1)C1CC1. The first-order chi connectivity index (χ1) is 14.5. The molecule has 1 aromatic carbocycles. The summed E-state index contributed by atoms with van der Waals surface area (Å²) in [6.07, 6.45) is 8.78. The molecule has 0 radical (unpaired) electrons. The molecule has 2 aliphatic rings. The largest absolute Gasteiger partial charge is 0.368 e. The number of hydrogen-bond donors (Lipinski definition) is 0. The third-order valence-electron chi connectivity index (χ3n) is 6.95. The van der Waals surface area contributed by atoms with E-state index >= 15 is 0 Å². The number of anilines is 1. The van der Waals surface area contributed by atoms with E-state index in [0.717, 1.165) is 24.7 Å². The van der Waals surface area contributed by atoms with Gasteiger partial charge in [0.05, 0.1) is 11.4 Å². The van der Waals surface area contributed by atoms with E-state index in [-0.39, 0.29) is 0 Å². The molecule has 2 heterocycles. The molecule has 0 N–H and O–H groups in total. The fourth-order valence-electron chi connectivity index (χ4n) is 5.74. The Morgan fingerprint density at radius 2 is 1.70 bits per heavy atom. The van der Waals surface area contributed by atoms with E-state index in [9.17, 15) is 0 Å². The molecule has 1 saturated carbocycles. The minimum atomic E-state index is 0.723. The van der Waals surface area contributed by atoms with E-state index < -0.39 is 0 Å². The average Bonchev–Trinajstić information content (AvgIpc) is 3.49. The van der Waals surface area contributed by atoms with Gasteiger partial charge in [-0.1, -0.05) is 24.6 Å². The Morgan fingerprint density at radius 1 is 1.00 bits per heavy atom. The predicted molar refractivity (Wildman–Crippen MR) is 127 cm³/mol. The summed E-state index contributed by atoms with van der Waals surface area (Å²) in [6.45, 7) is 12.4. The third-order valence-corrected chi connectivity index (χ3v) is 6.95. The number of fused-ring (bicyclic) bond motifs is 3. The number of nitrogens with zero attached hydrogens (tertiary/aromatic N) is 3. The second kappa shape index (κ2) is 7.44. The molecular weight excluding hydrogens is 366 g/mol. The van der Waals surface area contributed by atoms with Gasteiger partial charge in [0, 0.05) is 29.4 Å². The third kappa shape index (κ3) is 3.14. The number of benzene rings is 1. The fraction of sp³-hybridized carbons (Fsp3) is 0.519. The molecule has 2 aliphatic carbocycles. The van der Waals surface area contributed by atoms with Gasteiger partial charge >= 0.3 is 0 Å². The van der Waals surface area contributed by atoms with Crippen molar-refractivity contribution in [2.75, 3.05) is 11.4 Å². The van der Waals surface area contributed by atoms with E-state index in [2.05, 4.69) is 62.3 Å². The molecule has 3 nitrogen and oxygen atoms in total. The van der Waals surface area contributed by atoms with Crippen LogP contribution in [0.2, 0.25) is 0 Å². The second-order valence-electron chi connectivity index (χ2n) is 9.62. The standard InChI is InChI=1S/C27H35N3/c1-6-13-29(21-11-12-21)24-16-20(5)28-27-25(24)22-9-7-8-10-23(22)30(27)26-18(3)14-17(2)15-19(26)4/h14-16,21H,6-13H2,1-5H3. The first-order valence-corrected chi connectivity index (χ1v) is 11.9. The molecule has 0 spiro atoms. The number of aryl methyl sites for hydroxylation is 5. The number of hydrogen-bond acceptors (Lipinski definition) is 2. The summed E-state index contributed by atoms with van der Waals surface area (Å²) in [7, 11) is 0. The van der Waals surface area contributed by atoms with Gasteiger partial charge in [0.25, 0.3) is 0 Å². The lowest BCUT2D eigenvalue weighted by atomic mass is 9.94. The van der Waals surface area contributed by atoms with Crippen molar-refractivity contribution in [2.45, 2.75) is 85.6 Å². The topological polar surface area (TPSA) is 21.1 Å². The number of aromatic nitrogens is 2. The Balaban J connectivity index is 1.85. The summed E-state index contributed by atoms with van der Waals surface area (Å²) in [5.74, 6) is 0. The molecule has 0 aliphatic heterocycles. The number of pyridine rings is 1. The summed E-state index contributed by atoms with van der Waals surface area (Å²) in [5.41, 5.74) is 12.3. The van der Waals surface area contributed by atoms with E-state index in [1.165, 1.54) is 83.3 Å². The minimum absolute atomic E-state index is 0.723. The van der Waals surface area contributed by atoms with Crippen LogP contribution in [0.4, 0.5) is 5.69 Å². The summed E-state index contributed by atoms with van der Waals surface area (Å²) in [4.78, 5) is 7.88. The lowest BCUT2D eigenvalue weighted by molar-refractivity contribution is 0.665. The highest BCUT2D eigenvalue weighted by Crippen LogP contribution is 2.43. The molecule has 0 bridgehead atoms.